The summed E-state index contributed by atoms with van der Waals surface area (Å²) >= 11 is 5.80. The molecule has 0 spiro atoms. The smallest absolute Gasteiger partial charge is 0.169 e. The van der Waals surface area contributed by atoms with Crippen LogP contribution in [0.4, 0.5) is 21.5 Å². The van der Waals surface area contributed by atoms with Gasteiger partial charge in [0.05, 0.1) is 17.1 Å². The largest absolute Gasteiger partial charge is 0.397 e. The monoisotopic (exact) mass is 286 g/mol. The van der Waals surface area contributed by atoms with Crippen LogP contribution in [-0.2, 0) is 0 Å². The fourth-order valence-electron chi connectivity index (χ4n) is 2.61. The second kappa shape index (κ2) is 5.84. The molecule has 1 heterocycles. The second-order valence-electron chi connectivity index (χ2n) is 4.86. The summed E-state index contributed by atoms with van der Waals surface area (Å²) in [6, 6.07) is 1.90. The summed E-state index contributed by atoms with van der Waals surface area (Å²) in [5.41, 5.74) is 12.1. The van der Waals surface area contributed by atoms with Crippen molar-refractivity contribution in [1.82, 2.24) is 4.90 Å². The summed E-state index contributed by atoms with van der Waals surface area (Å²) in [5, 5.41) is 3.00. The molecule has 1 aromatic rings. The lowest BCUT2D eigenvalue weighted by Gasteiger charge is -2.24. The Morgan fingerprint density at radius 2 is 2.21 bits per heavy atom. The SMILES string of the molecule is CCN1CCCC1CNc1c(N)cc(N)c(Cl)c1F. The molecule has 2 rings (SSSR count). The van der Waals surface area contributed by atoms with E-state index in [-0.39, 0.29) is 16.4 Å². The zero-order valence-electron chi connectivity index (χ0n) is 11.0. The standard InChI is InChI=1S/C13H20ClFN4/c1-2-19-5-3-4-8(19)7-18-13-10(17)6-9(16)11(14)12(13)15/h6,8,18H,2-5,7,16-17H2,1H3. The van der Waals surface area contributed by atoms with E-state index in [9.17, 15) is 4.39 Å². The van der Waals surface area contributed by atoms with Gasteiger partial charge in [0.1, 0.15) is 5.02 Å². The van der Waals surface area contributed by atoms with Gasteiger partial charge in [-0.05, 0) is 32.0 Å². The van der Waals surface area contributed by atoms with Gasteiger partial charge < -0.3 is 16.8 Å². The molecule has 1 saturated heterocycles. The molecule has 0 radical (unpaired) electrons. The number of likely N-dealkylation sites (tertiary alicyclic amines) is 1. The van der Waals surface area contributed by atoms with Gasteiger partial charge in [-0.1, -0.05) is 18.5 Å². The van der Waals surface area contributed by atoms with Crippen LogP contribution in [0.1, 0.15) is 19.8 Å². The number of hydrogen-bond acceptors (Lipinski definition) is 4. The zero-order chi connectivity index (χ0) is 14.0. The van der Waals surface area contributed by atoms with E-state index in [1.54, 1.807) is 0 Å². The lowest BCUT2D eigenvalue weighted by Crippen LogP contribution is -2.34. The number of hydrogen-bond donors (Lipinski definition) is 3. The van der Waals surface area contributed by atoms with E-state index in [1.165, 1.54) is 12.5 Å². The topological polar surface area (TPSA) is 67.3 Å². The van der Waals surface area contributed by atoms with Crippen LogP contribution >= 0.6 is 11.6 Å². The van der Waals surface area contributed by atoms with Crippen LogP contribution in [0.25, 0.3) is 0 Å². The number of nitrogens with zero attached hydrogens (tertiary/aromatic N) is 1. The van der Waals surface area contributed by atoms with E-state index >= 15 is 0 Å². The van der Waals surface area contributed by atoms with Crippen LogP contribution in [0.5, 0.6) is 0 Å². The van der Waals surface area contributed by atoms with E-state index in [2.05, 4.69) is 17.1 Å². The van der Waals surface area contributed by atoms with Crippen molar-refractivity contribution < 1.29 is 4.39 Å². The van der Waals surface area contributed by atoms with E-state index in [1.807, 2.05) is 0 Å². The first-order chi connectivity index (χ1) is 9.04. The molecule has 106 valence electrons. The zero-order valence-corrected chi connectivity index (χ0v) is 11.8. The Hall–Kier alpha value is -1.20. The molecule has 0 bridgehead atoms. The molecule has 1 unspecified atom stereocenters. The van der Waals surface area contributed by atoms with Gasteiger partial charge in [0, 0.05) is 12.6 Å². The van der Waals surface area contributed by atoms with Crippen molar-refractivity contribution in [3.8, 4) is 0 Å². The predicted octanol–water partition coefficient (Wildman–Crippen LogP) is 2.54. The first kappa shape index (κ1) is 14.2. The lowest BCUT2D eigenvalue weighted by molar-refractivity contribution is 0.277. The Morgan fingerprint density at radius 3 is 2.89 bits per heavy atom. The number of likely N-dealkylation sites (N-methyl/N-ethyl adjacent to an activating group) is 1. The fraction of sp³-hybridized carbons (Fsp3) is 0.538. The van der Waals surface area contributed by atoms with Gasteiger partial charge in [-0.2, -0.15) is 0 Å². The van der Waals surface area contributed by atoms with Crippen LogP contribution in [0.3, 0.4) is 0 Å². The first-order valence-electron chi connectivity index (χ1n) is 6.55. The minimum Gasteiger partial charge on any atom is -0.397 e. The molecule has 6 heteroatoms. The average molecular weight is 287 g/mol. The first-order valence-corrected chi connectivity index (χ1v) is 6.93. The maximum atomic E-state index is 14.0. The second-order valence-corrected chi connectivity index (χ2v) is 5.24. The highest BCUT2D eigenvalue weighted by Gasteiger charge is 2.23. The van der Waals surface area contributed by atoms with Crippen LogP contribution < -0.4 is 16.8 Å². The number of anilines is 3. The third kappa shape index (κ3) is 2.87. The van der Waals surface area contributed by atoms with Crippen molar-refractivity contribution in [1.29, 1.82) is 0 Å². The number of halogens is 2. The van der Waals surface area contributed by atoms with Gasteiger partial charge in [-0.15, -0.1) is 0 Å². The third-order valence-corrected chi connectivity index (χ3v) is 4.07. The molecule has 5 N–H and O–H groups in total. The lowest BCUT2D eigenvalue weighted by atomic mass is 10.2. The van der Waals surface area contributed by atoms with Crippen LogP contribution in [-0.4, -0.2) is 30.6 Å². The Kier molecular flexibility index (Phi) is 4.37. The third-order valence-electron chi connectivity index (χ3n) is 3.69. The van der Waals surface area contributed by atoms with Gasteiger partial charge >= 0.3 is 0 Å². The molecule has 0 aliphatic carbocycles. The van der Waals surface area contributed by atoms with Crippen molar-refractivity contribution in [2.75, 3.05) is 36.4 Å². The fourth-order valence-corrected chi connectivity index (χ4v) is 2.76. The normalized spacial score (nSPS) is 19.8. The average Bonchev–Trinajstić information content (AvgIpc) is 2.83. The number of nitrogen functional groups attached to an aromatic ring is 2. The van der Waals surface area contributed by atoms with Crippen LogP contribution in [0.2, 0.25) is 5.02 Å². The van der Waals surface area contributed by atoms with Crippen molar-refractivity contribution in [3.63, 3.8) is 0 Å². The highest BCUT2D eigenvalue weighted by Crippen LogP contribution is 2.33. The maximum Gasteiger partial charge on any atom is 0.169 e. The van der Waals surface area contributed by atoms with E-state index < -0.39 is 5.82 Å². The Bertz CT molecular complexity index is 466. The van der Waals surface area contributed by atoms with Crippen LogP contribution in [0.15, 0.2) is 6.07 Å². The molecule has 1 aliphatic rings. The summed E-state index contributed by atoms with van der Waals surface area (Å²) in [6.07, 6.45) is 2.30. The Labute approximate surface area is 117 Å². The molecule has 1 fully saturated rings. The van der Waals surface area contributed by atoms with Crippen LogP contribution in [0, 0.1) is 5.82 Å². The molecule has 19 heavy (non-hydrogen) atoms. The highest BCUT2D eigenvalue weighted by atomic mass is 35.5. The van der Waals surface area contributed by atoms with Gasteiger partial charge in [-0.3, -0.25) is 4.90 Å². The number of benzene rings is 1. The molecule has 4 nitrogen and oxygen atoms in total. The van der Waals surface area contributed by atoms with Gasteiger partial charge in [0.2, 0.25) is 0 Å². The number of rotatable bonds is 4. The Balaban J connectivity index is 2.09. The highest BCUT2D eigenvalue weighted by molar-refractivity contribution is 6.33. The summed E-state index contributed by atoms with van der Waals surface area (Å²) in [5.74, 6) is -0.569. The van der Waals surface area contributed by atoms with E-state index in [0.29, 0.717) is 18.3 Å². The van der Waals surface area contributed by atoms with Gasteiger partial charge in [-0.25, -0.2) is 4.39 Å². The Morgan fingerprint density at radius 1 is 1.47 bits per heavy atom. The number of nitrogens with two attached hydrogens (primary N) is 2. The molecule has 1 atom stereocenters. The molecule has 0 saturated carbocycles. The van der Waals surface area contributed by atoms with Crippen molar-refractivity contribution in [3.05, 3.63) is 16.9 Å². The van der Waals surface area contributed by atoms with Gasteiger partial charge in [0.15, 0.2) is 5.82 Å². The summed E-state index contributed by atoms with van der Waals surface area (Å²) in [6.45, 7) is 4.90. The maximum absolute atomic E-state index is 14.0. The molecular weight excluding hydrogens is 267 g/mol. The predicted molar refractivity (Wildman–Crippen MR) is 79.0 cm³/mol. The minimum absolute atomic E-state index is 0.0736. The minimum atomic E-state index is -0.569. The molecule has 1 aromatic carbocycles. The number of nitrogens with one attached hydrogen (secondary N) is 1. The van der Waals surface area contributed by atoms with Crippen molar-refractivity contribution in [2.45, 2.75) is 25.8 Å². The van der Waals surface area contributed by atoms with E-state index in [4.69, 9.17) is 23.1 Å². The quantitative estimate of drug-likeness (QED) is 0.744. The summed E-state index contributed by atoms with van der Waals surface area (Å²) in [4.78, 5) is 2.38. The van der Waals surface area contributed by atoms with Gasteiger partial charge in [0.25, 0.3) is 0 Å². The summed E-state index contributed by atoms with van der Waals surface area (Å²) in [7, 11) is 0. The van der Waals surface area contributed by atoms with Crippen molar-refractivity contribution in [2.24, 2.45) is 0 Å². The molecule has 0 amide bonds. The molecular formula is C13H20ClFN4. The summed E-state index contributed by atoms with van der Waals surface area (Å²) < 4.78 is 14.0. The van der Waals surface area contributed by atoms with E-state index in [0.717, 1.165) is 19.5 Å². The van der Waals surface area contributed by atoms with Crippen molar-refractivity contribution >= 4 is 28.7 Å². The molecule has 1 aliphatic heterocycles. The molecule has 0 aromatic heterocycles.